The first-order valence-electron chi connectivity index (χ1n) is 12.8. The van der Waals surface area contributed by atoms with E-state index in [1.807, 2.05) is 53.4 Å². The maximum absolute atomic E-state index is 13.0. The van der Waals surface area contributed by atoms with E-state index in [4.69, 9.17) is 4.74 Å². The maximum Gasteiger partial charge on any atom is 0.246 e. The van der Waals surface area contributed by atoms with Crippen molar-refractivity contribution >= 4 is 17.9 Å². The summed E-state index contributed by atoms with van der Waals surface area (Å²) in [6.45, 7) is 3.95. The van der Waals surface area contributed by atoms with Crippen molar-refractivity contribution in [2.24, 2.45) is 5.92 Å². The van der Waals surface area contributed by atoms with E-state index in [0.717, 1.165) is 24.4 Å². The fourth-order valence-electron chi connectivity index (χ4n) is 5.05. The van der Waals surface area contributed by atoms with Crippen LogP contribution in [-0.4, -0.2) is 61.4 Å². The van der Waals surface area contributed by atoms with Crippen molar-refractivity contribution in [3.63, 3.8) is 0 Å². The minimum atomic E-state index is -0.0463. The number of piperidine rings is 2. The topological polar surface area (TPSA) is 61.9 Å². The van der Waals surface area contributed by atoms with Gasteiger partial charge in [0.15, 0.2) is 0 Å². The molecule has 0 aromatic heterocycles. The monoisotopic (exact) mass is 475 g/mol. The summed E-state index contributed by atoms with van der Waals surface area (Å²) in [6, 6.07) is 18.2. The van der Waals surface area contributed by atoms with E-state index in [1.165, 1.54) is 24.8 Å². The van der Waals surface area contributed by atoms with Crippen LogP contribution in [0.5, 0.6) is 5.75 Å². The second kappa shape index (κ2) is 12.5. The zero-order valence-electron chi connectivity index (χ0n) is 20.7. The SMILES string of the molecule is COc1ccc(C(CNC(=O)C2CCN(C(=O)/C=C/c3ccccc3)CC2)N2CCCCC2)cc1. The van der Waals surface area contributed by atoms with E-state index in [9.17, 15) is 9.59 Å². The molecule has 2 saturated heterocycles. The molecule has 6 nitrogen and oxygen atoms in total. The van der Waals surface area contributed by atoms with Gasteiger partial charge in [-0.1, -0.05) is 48.9 Å². The van der Waals surface area contributed by atoms with Crippen LogP contribution in [-0.2, 0) is 9.59 Å². The highest BCUT2D eigenvalue weighted by molar-refractivity contribution is 5.92. The summed E-state index contributed by atoms with van der Waals surface area (Å²) in [4.78, 5) is 29.9. The molecule has 2 aromatic rings. The molecule has 6 heteroatoms. The third kappa shape index (κ3) is 6.95. The minimum absolute atomic E-state index is 0.0115. The van der Waals surface area contributed by atoms with Gasteiger partial charge in [-0.15, -0.1) is 0 Å². The van der Waals surface area contributed by atoms with Crippen molar-refractivity contribution in [3.8, 4) is 5.75 Å². The van der Waals surface area contributed by atoms with Gasteiger partial charge >= 0.3 is 0 Å². The molecule has 2 aliphatic rings. The van der Waals surface area contributed by atoms with Crippen LogP contribution in [0.2, 0.25) is 0 Å². The van der Waals surface area contributed by atoms with Gasteiger partial charge < -0.3 is 15.0 Å². The lowest BCUT2D eigenvalue weighted by Gasteiger charge is -2.36. The third-order valence-electron chi connectivity index (χ3n) is 7.20. The molecule has 4 rings (SSSR count). The Morgan fingerprint density at radius 3 is 2.31 bits per heavy atom. The number of nitrogens with one attached hydrogen (secondary N) is 1. The number of likely N-dealkylation sites (tertiary alicyclic amines) is 2. The summed E-state index contributed by atoms with van der Waals surface area (Å²) in [5.74, 6) is 0.912. The molecule has 186 valence electrons. The highest BCUT2D eigenvalue weighted by atomic mass is 16.5. The molecule has 2 aliphatic heterocycles. The molecular weight excluding hydrogens is 438 g/mol. The van der Waals surface area contributed by atoms with Crippen molar-refractivity contribution in [2.75, 3.05) is 39.8 Å². The number of rotatable bonds is 8. The molecule has 2 heterocycles. The zero-order chi connectivity index (χ0) is 24.5. The van der Waals surface area contributed by atoms with Gasteiger partial charge in [0.1, 0.15) is 5.75 Å². The van der Waals surface area contributed by atoms with E-state index in [0.29, 0.717) is 32.5 Å². The average molecular weight is 476 g/mol. The number of methoxy groups -OCH3 is 1. The summed E-state index contributed by atoms with van der Waals surface area (Å²) in [6.07, 6.45) is 8.56. The molecule has 2 aromatic carbocycles. The van der Waals surface area contributed by atoms with Gasteiger partial charge in [-0.3, -0.25) is 14.5 Å². The Bertz CT molecular complexity index is 976. The summed E-state index contributed by atoms with van der Waals surface area (Å²) in [5, 5.41) is 3.24. The largest absolute Gasteiger partial charge is 0.497 e. The lowest BCUT2D eigenvalue weighted by molar-refractivity contribution is -0.132. The van der Waals surface area contributed by atoms with E-state index >= 15 is 0 Å². The molecule has 0 aliphatic carbocycles. The molecular formula is C29H37N3O3. The summed E-state index contributed by atoms with van der Waals surface area (Å²) in [5.41, 5.74) is 2.22. The van der Waals surface area contributed by atoms with Crippen molar-refractivity contribution in [1.29, 1.82) is 0 Å². The Morgan fingerprint density at radius 1 is 0.971 bits per heavy atom. The Morgan fingerprint density at radius 2 is 1.66 bits per heavy atom. The van der Waals surface area contributed by atoms with Crippen LogP contribution < -0.4 is 10.1 Å². The number of amides is 2. The number of carbonyl (C=O) groups excluding carboxylic acids is 2. The molecule has 2 amide bonds. The zero-order valence-corrected chi connectivity index (χ0v) is 20.7. The van der Waals surface area contributed by atoms with E-state index < -0.39 is 0 Å². The summed E-state index contributed by atoms with van der Waals surface area (Å²) < 4.78 is 5.32. The van der Waals surface area contributed by atoms with Gasteiger partial charge in [-0.05, 0) is 68.1 Å². The third-order valence-corrected chi connectivity index (χ3v) is 7.20. The van der Waals surface area contributed by atoms with Crippen molar-refractivity contribution in [2.45, 2.75) is 38.1 Å². The number of nitrogens with zero attached hydrogens (tertiary/aromatic N) is 2. The van der Waals surface area contributed by atoms with Crippen LogP contribution in [0, 0.1) is 5.92 Å². The van der Waals surface area contributed by atoms with E-state index in [-0.39, 0.29) is 23.8 Å². The fraction of sp³-hybridized carbons (Fsp3) is 0.448. The van der Waals surface area contributed by atoms with Crippen molar-refractivity contribution < 1.29 is 14.3 Å². The van der Waals surface area contributed by atoms with Crippen LogP contribution in [0.1, 0.15) is 49.3 Å². The second-order valence-electron chi connectivity index (χ2n) is 9.47. The van der Waals surface area contributed by atoms with Crippen LogP contribution in [0.25, 0.3) is 6.08 Å². The minimum Gasteiger partial charge on any atom is -0.497 e. The predicted octanol–water partition coefficient (Wildman–Crippen LogP) is 4.29. The number of ether oxygens (including phenoxy) is 1. The van der Waals surface area contributed by atoms with Gasteiger partial charge in [0.25, 0.3) is 0 Å². The lowest BCUT2D eigenvalue weighted by atomic mass is 9.95. The molecule has 2 fully saturated rings. The van der Waals surface area contributed by atoms with Crippen molar-refractivity contribution in [3.05, 3.63) is 71.8 Å². The van der Waals surface area contributed by atoms with Crippen LogP contribution in [0.15, 0.2) is 60.7 Å². The first-order chi connectivity index (χ1) is 17.1. The number of hydrogen-bond acceptors (Lipinski definition) is 4. The highest BCUT2D eigenvalue weighted by Crippen LogP contribution is 2.26. The van der Waals surface area contributed by atoms with Crippen molar-refractivity contribution in [1.82, 2.24) is 15.1 Å². The molecule has 0 spiro atoms. The number of benzene rings is 2. The predicted molar refractivity (Wildman–Crippen MR) is 139 cm³/mol. The lowest BCUT2D eigenvalue weighted by Crippen LogP contribution is -2.45. The molecule has 0 bridgehead atoms. The molecule has 0 radical (unpaired) electrons. The van der Waals surface area contributed by atoms with Gasteiger partial charge in [0.2, 0.25) is 11.8 Å². The standard InChI is InChI=1S/C29H37N3O3/c1-35-26-13-11-24(12-14-26)27(31-18-6-3-7-19-31)22-30-29(34)25-16-20-32(21-17-25)28(33)15-10-23-8-4-2-5-9-23/h2,4-5,8-15,25,27H,3,6-7,16-22H2,1H3,(H,30,34)/b15-10+. The molecule has 35 heavy (non-hydrogen) atoms. The number of hydrogen-bond donors (Lipinski definition) is 1. The van der Waals surface area contributed by atoms with Gasteiger partial charge in [-0.25, -0.2) is 0 Å². The van der Waals surface area contributed by atoms with Gasteiger partial charge in [0, 0.05) is 31.6 Å². The molecule has 1 atom stereocenters. The Balaban J connectivity index is 1.29. The summed E-state index contributed by atoms with van der Waals surface area (Å²) >= 11 is 0. The van der Waals surface area contributed by atoms with Crippen LogP contribution in [0.4, 0.5) is 0 Å². The molecule has 1 N–H and O–H groups in total. The smallest absolute Gasteiger partial charge is 0.246 e. The van der Waals surface area contributed by atoms with Crippen LogP contribution in [0.3, 0.4) is 0 Å². The average Bonchev–Trinajstić information content (AvgIpc) is 2.93. The summed E-state index contributed by atoms with van der Waals surface area (Å²) in [7, 11) is 1.68. The molecule has 0 saturated carbocycles. The first kappa shape index (κ1) is 25.0. The van der Waals surface area contributed by atoms with E-state index in [1.54, 1.807) is 13.2 Å². The number of carbonyl (C=O) groups is 2. The quantitative estimate of drug-likeness (QED) is 0.579. The Kier molecular flexibility index (Phi) is 8.96. The normalized spacial score (nSPS) is 18.4. The van der Waals surface area contributed by atoms with Crippen LogP contribution >= 0.6 is 0 Å². The first-order valence-corrected chi connectivity index (χ1v) is 12.8. The molecule has 1 unspecified atom stereocenters. The van der Waals surface area contributed by atoms with Gasteiger partial charge in [-0.2, -0.15) is 0 Å². The second-order valence-corrected chi connectivity index (χ2v) is 9.47. The maximum atomic E-state index is 13.0. The fourth-order valence-corrected chi connectivity index (χ4v) is 5.05. The van der Waals surface area contributed by atoms with E-state index in [2.05, 4.69) is 22.3 Å². The Hall–Kier alpha value is -3.12. The van der Waals surface area contributed by atoms with Gasteiger partial charge in [0.05, 0.1) is 13.2 Å². The Labute approximate surface area is 208 Å². The highest BCUT2D eigenvalue weighted by Gasteiger charge is 2.28.